The van der Waals surface area contributed by atoms with Crippen LogP contribution in [-0.4, -0.2) is 16.0 Å². The summed E-state index contributed by atoms with van der Waals surface area (Å²) in [5.74, 6) is 0.893. The highest BCUT2D eigenvalue weighted by Gasteiger charge is 2.34. The van der Waals surface area contributed by atoms with E-state index in [0.717, 1.165) is 22.9 Å². The number of rotatable bonds is 4. The van der Waals surface area contributed by atoms with Crippen molar-refractivity contribution >= 4 is 21.8 Å². The lowest BCUT2D eigenvalue weighted by molar-refractivity contribution is 0.0922. The molecule has 3 rings (SSSR count). The predicted molar refractivity (Wildman–Crippen MR) is 76.1 cm³/mol. The van der Waals surface area contributed by atoms with Crippen LogP contribution in [0.25, 0.3) is 0 Å². The summed E-state index contributed by atoms with van der Waals surface area (Å²) in [5.41, 5.74) is 1.33. The first-order valence-electron chi connectivity index (χ1n) is 6.48. The minimum absolute atomic E-state index is 0.0236. The average molecular weight is 336 g/mol. The Kier molecular flexibility index (Phi) is 3.56. The maximum Gasteiger partial charge on any atom is 0.273 e. The van der Waals surface area contributed by atoms with Gasteiger partial charge in [-0.25, -0.2) is 0 Å². The van der Waals surface area contributed by atoms with Gasteiger partial charge in [0.1, 0.15) is 5.76 Å². The van der Waals surface area contributed by atoms with Crippen molar-refractivity contribution < 1.29 is 9.32 Å². The molecule has 0 aromatic carbocycles. The van der Waals surface area contributed by atoms with E-state index in [9.17, 15) is 4.79 Å². The van der Waals surface area contributed by atoms with E-state index < -0.39 is 0 Å². The van der Waals surface area contributed by atoms with Crippen LogP contribution in [0, 0.1) is 12.8 Å². The molecule has 0 unspecified atom stereocenters. The number of nitrogens with zero attached hydrogens (tertiary/aromatic N) is 2. The molecule has 1 aliphatic rings. The first-order chi connectivity index (χ1) is 9.63. The first-order valence-corrected chi connectivity index (χ1v) is 7.27. The summed E-state index contributed by atoms with van der Waals surface area (Å²) in [4.78, 5) is 16.4. The largest absolute Gasteiger partial charge is 0.361 e. The predicted octanol–water partition coefficient (Wildman–Crippen LogP) is 3.02. The highest BCUT2D eigenvalue weighted by atomic mass is 79.9. The molecule has 1 atom stereocenters. The quantitative estimate of drug-likeness (QED) is 0.932. The minimum atomic E-state index is -0.210. The summed E-state index contributed by atoms with van der Waals surface area (Å²) in [5, 5.41) is 6.78. The van der Waals surface area contributed by atoms with Crippen molar-refractivity contribution in [2.24, 2.45) is 5.92 Å². The molecular formula is C14H14BrN3O2. The van der Waals surface area contributed by atoms with Gasteiger partial charge >= 0.3 is 0 Å². The van der Waals surface area contributed by atoms with Crippen LogP contribution in [0.1, 0.15) is 40.7 Å². The average Bonchev–Trinajstić information content (AvgIpc) is 3.17. The van der Waals surface area contributed by atoms with Gasteiger partial charge in [0.05, 0.1) is 6.04 Å². The van der Waals surface area contributed by atoms with Gasteiger partial charge in [-0.15, -0.1) is 0 Å². The molecule has 1 amide bonds. The van der Waals surface area contributed by atoms with Crippen LogP contribution in [0.3, 0.4) is 0 Å². The molecule has 6 heteroatoms. The summed E-state index contributed by atoms with van der Waals surface area (Å²) in [6, 6.07) is 3.60. The molecule has 5 nitrogen and oxygen atoms in total. The Morgan fingerprint density at radius 2 is 2.25 bits per heavy atom. The number of hydrogen-bond acceptors (Lipinski definition) is 4. The lowest BCUT2D eigenvalue weighted by atomic mass is 10.0. The highest BCUT2D eigenvalue weighted by molar-refractivity contribution is 9.10. The van der Waals surface area contributed by atoms with Crippen molar-refractivity contribution in [3.8, 4) is 0 Å². The number of amides is 1. The Hall–Kier alpha value is -1.69. The molecule has 0 spiro atoms. The van der Waals surface area contributed by atoms with E-state index in [-0.39, 0.29) is 11.9 Å². The lowest BCUT2D eigenvalue weighted by Crippen LogP contribution is -2.30. The van der Waals surface area contributed by atoms with Crippen LogP contribution in [0.5, 0.6) is 0 Å². The SMILES string of the molecule is Cc1cc(C(=O)N[C@H](c2cncc(Br)c2)C2CC2)no1. The third kappa shape index (κ3) is 2.90. The number of pyridine rings is 1. The standard InChI is InChI=1S/C14H14BrN3O2/c1-8-4-12(18-20-8)14(19)17-13(9-2-3-9)10-5-11(15)7-16-6-10/h4-7,9,13H,2-3H2,1H3,(H,17,19)/t13-/m0/s1. The Morgan fingerprint density at radius 3 is 2.85 bits per heavy atom. The Morgan fingerprint density at radius 1 is 1.45 bits per heavy atom. The zero-order chi connectivity index (χ0) is 14.1. The zero-order valence-corrected chi connectivity index (χ0v) is 12.6. The fourth-order valence-electron chi connectivity index (χ4n) is 2.19. The van der Waals surface area contributed by atoms with Crippen molar-refractivity contribution in [1.29, 1.82) is 0 Å². The Labute approximate surface area is 124 Å². The molecule has 0 saturated heterocycles. The number of aromatic nitrogens is 2. The summed E-state index contributed by atoms with van der Waals surface area (Å²) < 4.78 is 5.85. The van der Waals surface area contributed by atoms with Crippen molar-refractivity contribution in [3.63, 3.8) is 0 Å². The van der Waals surface area contributed by atoms with Gasteiger partial charge < -0.3 is 9.84 Å². The van der Waals surface area contributed by atoms with Crippen LogP contribution < -0.4 is 5.32 Å². The number of carbonyl (C=O) groups is 1. The van der Waals surface area contributed by atoms with E-state index in [4.69, 9.17) is 4.52 Å². The molecule has 2 aromatic rings. The fraction of sp³-hybridized carbons (Fsp3) is 0.357. The van der Waals surface area contributed by atoms with Crippen molar-refractivity contribution in [3.05, 3.63) is 46.0 Å². The zero-order valence-electron chi connectivity index (χ0n) is 11.0. The van der Waals surface area contributed by atoms with E-state index in [1.807, 2.05) is 6.07 Å². The van der Waals surface area contributed by atoms with E-state index in [1.165, 1.54) is 0 Å². The third-order valence-corrected chi connectivity index (χ3v) is 3.76. The molecule has 1 fully saturated rings. The van der Waals surface area contributed by atoms with Crippen LogP contribution in [0.15, 0.2) is 33.5 Å². The van der Waals surface area contributed by atoms with Gasteiger partial charge in [-0.05, 0) is 53.2 Å². The minimum Gasteiger partial charge on any atom is -0.361 e. The van der Waals surface area contributed by atoms with Gasteiger partial charge in [-0.2, -0.15) is 0 Å². The van der Waals surface area contributed by atoms with Crippen LogP contribution in [-0.2, 0) is 0 Å². The van der Waals surface area contributed by atoms with Crippen molar-refractivity contribution in [2.45, 2.75) is 25.8 Å². The number of aryl methyl sites for hydroxylation is 1. The normalized spacial score (nSPS) is 15.9. The smallest absolute Gasteiger partial charge is 0.273 e. The summed E-state index contributed by atoms with van der Waals surface area (Å²) in [7, 11) is 0. The topological polar surface area (TPSA) is 68.0 Å². The molecule has 2 heterocycles. The number of nitrogens with one attached hydrogen (secondary N) is 1. The van der Waals surface area contributed by atoms with E-state index in [0.29, 0.717) is 17.4 Å². The Bertz CT molecular complexity index is 637. The van der Waals surface area contributed by atoms with Gasteiger partial charge in [-0.1, -0.05) is 5.16 Å². The van der Waals surface area contributed by atoms with Crippen molar-refractivity contribution in [2.75, 3.05) is 0 Å². The molecule has 0 bridgehead atoms. The second kappa shape index (κ2) is 5.36. The molecule has 1 N–H and O–H groups in total. The van der Waals surface area contributed by atoms with Crippen LogP contribution >= 0.6 is 15.9 Å². The van der Waals surface area contributed by atoms with E-state index >= 15 is 0 Å². The van der Waals surface area contributed by atoms with Crippen LogP contribution in [0.2, 0.25) is 0 Å². The second-order valence-corrected chi connectivity index (χ2v) is 5.96. The number of carbonyl (C=O) groups excluding carboxylic acids is 1. The molecule has 0 radical (unpaired) electrons. The summed E-state index contributed by atoms with van der Waals surface area (Å²) >= 11 is 3.41. The maximum atomic E-state index is 12.2. The lowest BCUT2D eigenvalue weighted by Gasteiger charge is -2.17. The first kappa shape index (κ1) is 13.3. The van der Waals surface area contributed by atoms with Gasteiger partial charge in [0.25, 0.3) is 5.91 Å². The van der Waals surface area contributed by atoms with Crippen LogP contribution in [0.4, 0.5) is 0 Å². The van der Waals surface area contributed by atoms with Gasteiger partial charge in [-0.3, -0.25) is 9.78 Å². The fourth-order valence-corrected chi connectivity index (χ4v) is 2.57. The number of halogens is 1. The molecule has 1 saturated carbocycles. The monoisotopic (exact) mass is 335 g/mol. The third-order valence-electron chi connectivity index (χ3n) is 3.33. The van der Waals surface area contributed by atoms with Gasteiger partial charge in [0, 0.05) is 22.9 Å². The molecule has 1 aliphatic carbocycles. The molecule has 0 aliphatic heterocycles. The molecule has 20 heavy (non-hydrogen) atoms. The number of hydrogen-bond donors (Lipinski definition) is 1. The Balaban J connectivity index is 1.80. The second-order valence-electron chi connectivity index (χ2n) is 5.05. The highest BCUT2D eigenvalue weighted by Crippen LogP contribution is 2.41. The van der Waals surface area contributed by atoms with E-state index in [1.54, 1.807) is 25.4 Å². The summed E-state index contributed by atoms with van der Waals surface area (Å²) in [6.07, 6.45) is 5.77. The summed E-state index contributed by atoms with van der Waals surface area (Å²) in [6.45, 7) is 1.76. The van der Waals surface area contributed by atoms with E-state index in [2.05, 4.69) is 31.4 Å². The molecule has 104 valence electrons. The maximum absolute atomic E-state index is 12.2. The van der Waals surface area contributed by atoms with Gasteiger partial charge in [0.2, 0.25) is 0 Å². The van der Waals surface area contributed by atoms with Gasteiger partial charge in [0.15, 0.2) is 5.69 Å². The molecule has 2 aromatic heterocycles. The molecular weight excluding hydrogens is 322 g/mol. The van der Waals surface area contributed by atoms with Crippen molar-refractivity contribution in [1.82, 2.24) is 15.5 Å².